The maximum atomic E-state index is 5.35. The van der Waals surface area contributed by atoms with Crippen molar-refractivity contribution in [2.24, 2.45) is 4.99 Å². The van der Waals surface area contributed by atoms with Crippen LogP contribution in [0, 0.1) is 0 Å². The van der Waals surface area contributed by atoms with Gasteiger partial charge >= 0.3 is 0 Å². The zero-order valence-corrected chi connectivity index (χ0v) is 17.7. The zero-order valence-electron chi connectivity index (χ0n) is 15.4. The number of aliphatic imine (C=N–C) groups is 1. The molecule has 1 aromatic rings. The summed E-state index contributed by atoms with van der Waals surface area (Å²) in [6, 6.07) is 11.0. The van der Waals surface area contributed by atoms with E-state index in [0.29, 0.717) is 6.04 Å². The van der Waals surface area contributed by atoms with Gasteiger partial charge in [-0.15, -0.1) is 24.0 Å². The van der Waals surface area contributed by atoms with Crippen molar-refractivity contribution in [2.45, 2.75) is 52.5 Å². The lowest BCUT2D eigenvalue weighted by atomic mass is 10.1. The van der Waals surface area contributed by atoms with E-state index in [-0.39, 0.29) is 24.0 Å². The van der Waals surface area contributed by atoms with Crippen LogP contribution in [0.3, 0.4) is 0 Å². The first-order valence-corrected chi connectivity index (χ1v) is 8.92. The topological polar surface area (TPSA) is 45.7 Å². The van der Waals surface area contributed by atoms with E-state index in [9.17, 15) is 0 Å². The van der Waals surface area contributed by atoms with Crippen LogP contribution in [0.4, 0.5) is 0 Å². The molecule has 138 valence electrons. The van der Waals surface area contributed by atoms with Crippen molar-refractivity contribution in [1.29, 1.82) is 0 Å². The fraction of sp³-hybridized carbons (Fsp3) is 0.632. The van der Waals surface area contributed by atoms with Crippen molar-refractivity contribution in [1.82, 2.24) is 10.6 Å². The number of hydrogen-bond donors (Lipinski definition) is 2. The third-order valence-electron chi connectivity index (χ3n) is 3.61. The first-order chi connectivity index (χ1) is 11.3. The van der Waals surface area contributed by atoms with Gasteiger partial charge in [0.25, 0.3) is 0 Å². The third-order valence-corrected chi connectivity index (χ3v) is 3.61. The maximum Gasteiger partial charge on any atom is 0.191 e. The highest BCUT2D eigenvalue weighted by molar-refractivity contribution is 14.0. The van der Waals surface area contributed by atoms with E-state index in [1.807, 2.05) is 6.92 Å². The number of guanidine groups is 1. The lowest BCUT2D eigenvalue weighted by molar-refractivity contribution is 0.144. The Balaban J connectivity index is 0.00000529. The second-order valence-corrected chi connectivity index (χ2v) is 5.73. The first-order valence-electron chi connectivity index (χ1n) is 8.92. The summed E-state index contributed by atoms with van der Waals surface area (Å²) in [7, 11) is 0. The summed E-state index contributed by atoms with van der Waals surface area (Å²) in [6.45, 7) is 9.70. The molecule has 0 saturated carbocycles. The quantitative estimate of drug-likeness (QED) is 0.233. The summed E-state index contributed by atoms with van der Waals surface area (Å²) in [4.78, 5) is 4.64. The van der Waals surface area contributed by atoms with Crippen LogP contribution in [-0.4, -0.2) is 38.3 Å². The predicted octanol–water partition coefficient (Wildman–Crippen LogP) is 4.00. The predicted molar refractivity (Wildman–Crippen MR) is 114 cm³/mol. The van der Waals surface area contributed by atoms with E-state index in [4.69, 9.17) is 4.74 Å². The molecule has 0 saturated heterocycles. The molecule has 0 aliphatic rings. The van der Waals surface area contributed by atoms with Crippen LogP contribution in [0.1, 0.15) is 45.6 Å². The molecular formula is C19H34IN3O. The lowest BCUT2D eigenvalue weighted by Crippen LogP contribution is -2.42. The Kier molecular flexibility index (Phi) is 15.2. The molecule has 1 atom stereocenters. The standard InChI is InChI=1S/C19H33N3O.HI/c1-4-20-19(21-15-9-10-16-23-5-2)22-17(3)13-14-18-11-7-6-8-12-18;/h6-8,11-12,17H,4-5,9-10,13-16H2,1-3H3,(H2,20,21,22);1H. The van der Waals surface area contributed by atoms with Gasteiger partial charge in [0, 0.05) is 32.3 Å². The largest absolute Gasteiger partial charge is 0.382 e. The fourth-order valence-electron chi connectivity index (χ4n) is 2.30. The highest BCUT2D eigenvalue weighted by Crippen LogP contribution is 2.04. The summed E-state index contributed by atoms with van der Waals surface area (Å²) in [5.74, 6) is 0.921. The Morgan fingerprint density at radius 3 is 2.58 bits per heavy atom. The molecular weight excluding hydrogens is 413 g/mol. The SMILES string of the molecule is CCNC(=NCCCCOCC)NC(C)CCc1ccccc1.I. The molecule has 0 spiro atoms. The number of hydrogen-bond acceptors (Lipinski definition) is 2. The number of halogens is 1. The second kappa shape index (κ2) is 15.7. The van der Waals surface area contributed by atoms with Gasteiger partial charge in [0.15, 0.2) is 5.96 Å². The molecule has 24 heavy (non-hydrogen) atoms. The van der Waals surface area contributed by atoms with Crippen LogP contribution in [0.5, 0.6) is 0 Å². The number of unbranched alkanes of at least 4 members (excludes halogenated alkanes) is 1. The van der Waals surface area contributed by atoms with Crippen molar-refractivity contribution in [3.8, 4) is 0 Å². The van der Waals surface area contributed by atoms with Crippen LogP contribution in [0.2, 0.25) is 0 Å². The van der Waals surface area contributed by atoms with Gasteiger partial charge in [-0.2, -0.15) is 0 Å². The number of rotatable bonds is 11. The van der Waals surface area contributed by atoms with Gasteiger partial charge in [-0.25, -0.2) is 0 Å². The van der Waals surface area contributed by atoms with Crippen molar-refractivity contribution < 1.29 is 4.74 Å². The highest BCUT2D eigenvalue weighted by Gasteiger charge is 2.05. The minimum atomic E-state index is 0. The van der Waals surface area contributed by atoms with Gasteiger partial charge in [0.2, 0.25) is 0 Å². The van der Waals surface area contributed by atoms with Crippen molar-refractivity contribution in [2.75, 3.05) is 26.3 Å². The van der Waals surface area contributed by atoms with Crippen molar-refractivity contribution in [3.05, 3.63) is 35.9 Å². The Morgan fingerprint density at radius 2 is 1.92 bits per heavy atom. The third kappa shape index (κ3) is 11.7. The minimum Gasteiger partial charge on any atom is -0.382 e. The van der Waals surface area contributed by atoms with Gasteiger partial charge in [0.1, 0.15) is 0 Å². The van der Waals surface area contributed by atoms with Crippen LogP contribution in [0.25, 0.3) is 0 Å². The molecule has 1 aromatic carbocycles. The summed E-state index contributed by atoms with van der Waals surface area (Å²) in [5, 5.41) is 6.82. The second-order valence-electron chi connectivity index (χ2n) is 5.73. The van der Waals surface area contributed by atoms with Crippen LogP contribution in [-0.2, 0) is 11.2 Å². The zero-order chi connectivity index (χ0) is 16.8. The van der Waals surface area contributed by atoms with Crippen molar-refractivity contribution >= 4 is 29.9 Å². The molecule has 1 unspecified atom stereocenters. The molecule has 0 aromatic heterocycles. The van der Waals surface area contributed by atoms with E-state index in [1.54, 1.807) is 0 Å². The van der Waals surface area contributed by atoms with Crippen LogP contribution < -0.4 is 10.6 Å². The highest BCUT2D eigenvalue weighted by atomic mass is 127. The number of nitrogens with one attached hydrogen (secondary N) is 2. The van der Waals surface area contributed by atoms with Gasteiger partial charge in [-0.05, 0) is 52.0 Å². The molecule has 4 nitrogen and oxygen atoms in total. The number of nitrogens with zero attached hydrogens (tertiary/aromatic N) is 1. The minimum absolute atomic E-state index is 0. The van der Waals surface area contributed by atoms with Crippen molar-refractivity contribution in [3.63, 3.8) is 0 Å². The smallest absolute Gasteiger partial charge is 0.191 e. The lowest BCUT2D eigenvalue weighted by Gasteiger charge is -2.18. The molecule has 0 heterocycles. The Morgan fingerprint density at radius 1 is 1.17 bits per heavy atom. The van der Waals surface area contributed by atoms with Crippen LogP contribution >= 0.6 is 24.0 Å². The number of ether oxygens (including phenoxy) is 1. The van der Waals surface area contributed by atoms with E-state index >= 15 is 0 Å². The molecule has 0 bridgehead atoms. The average Bonchev–Trinajstić information content (AvgIpc) is 2.57. The van der Waals surface area contributed by atoms with Gasteiger partial charge in [0.05, 0.1) is 0 Å². The summed E-state index contributed by atoms with van der Waals surface area (Å²) < 4.78 is 5.35. The molecule has 1 rings (SSSR count). The summed E-state index contributed by atoms with van der Waals surface area (Å²) in [6.07, 6.45) is 4.32. The van der Waals surface area contributed by atoms with E-state index in [1.165, 1.54) is 5.56 Å². The van der Waals surface area contributed by atoms with E-state index in [0.717, 1.165) is 57.9 Å². The molecule has 0 amide bonds. The molecule has 0 radical (unpaired) electrons. The Labute approximate surface area is 164 Å². The molecule has 0 aliphatic carbocycles. The monoisotopic (exact) mass is 447 g/mol. The molecule has 0 fully saturated rings. The fourth-order valence-corrected chi connectivity index (χ4v) is 2.30. The van der Waals surface area contributed by atoms with Crippen LogP contribution in [0.15, 0.2) is 35.3 Å². The molecule has 5 heteroatoms. The molecule has 2 N–H and O–H groups in total. The van der Waals surface area contributed by atoms with Gasteiger partial charge < -0.3 is 15.4 Å². The van der Waals surface area contributed by atoms with E-state index < -0.39 is 0 Å². The van der Waals surface area contributed by atoms with Gasteiger partial charge in [-0.3, -0.25) is 4.99 Å². The maximum absolute atomic E-state index is 5.35. The van der Waals surface area contributed by atoms with E-state index in [2.05, 4.69) is 59.8 Å². The summed E-state index contributed by atoms with van der Waals surface area (Å²) >= 11 is 0. The Hall–Kier alpha value is -0.820. The summed E-state index contributed by atoms with van der Waals surface area (Å²) in [5.41, 5.74) is 1.39. The number of aryl methyl sites for hydroxylation is 1. The number of benzene rings is 1. The average molecular weight is 447 g/mol. The normalized spacial score (nSPS) is 12.4. The Bertz CT molecular complexity index is 426. The molecule has 0 aliphatic heterocycles. The first kappa shape index (κ1) is 23.2. The van der Waals surface area contributed by atoms with Gasteiger partial charge in [-0.1, -0.05) is 30.3 Å².